The molecular formula is C38H46N4O4. The van der Waals surface area contributed by atoms with Crippen molar-refractivity contribution in [1.29, 1.82) is 0 Å². The highest BCUT2D eigenvalue weighted by Gasteiger charge is 2.42. The van der Waals surface area contributed by atoms with Crippen molar-refractivity contribution in [2.45, 2.75) is 93.6 Å². The summed E-state index contributed by atoms with van der Waals surface area (Å²) in [5.74, 6) is 0.540. The highest BCUT2D eigenvalue weighted by Crippen LogP contribution is 2.48. The van der Waals surface area contributed by atoms with Crippen LogP contribution >= 0.6 is 0 Å². The fraction of sp³-hybridized carbons (Fsp3) is 0.474. The van der Waals surface area contributed by atoms with E-state index in [1.165, 1.54) is 12.7 Å². The van der Waals surface area contributed by atoms with Gasteiger partial charge in [0.15, 0.2) is 0 Å². The van der Waals surface area contributed by atoms with Gasteiger partial charge in [-0.15, -0.1) is 0 Å². The molecular weight excluding hydrogens is 576 g/mol. The molecule has 0 aromatic rings. The summed E-state index contributed by atoms with van der Waals surface area (Å²) >= 11 is 0. The molecule has 1 aliphatic carbocycles. The summed E-state index contributed by atoms with van der Waals surface area (Å²) in [5, 5.41) is 26.2. The van der Waals surface area contributed by atoms with Crippen LogP contribution < -0.4 is 5.32 Å². The molecule has 6 aliphatic rings. The van der Waals surface area contributed by atoms with Gasteiger partial charge >= 0.3 is 5.97 Å². The molecule has 0 radical (unpaired) electrons. The van der Waals surface area contributed by atoms with E-state index in [1.807, 2.05) is 13.0 Å². The number of carbonyl (C=O) groups is 1. The fourth-order valence-corrected chi connectivity index (χ4v) is 7.92. The predicted octanol–water partition coefficient (Wildman–Crippen LogP) is 7.41. The number of ether oxygens (including phenoxy) is 1. The van der Waals surface area contributed by atoms with Crippen molar-refractivity contribution in [1.82, 2.24) is 5.32 Å². The number of hydrogen-bond acceptors (Lipinski definition) is 8. The van der Waals surface area contributed by atoms with Crippen molar-refractivity contribution in [3.8, 4) is 0 Å². The Kier molecular flexibility index (Phi) is 8.30. The molecule has 0 spiro atoms. The number of allylic oxidation sites excluding steroid dienone is 11. The minimum absolute atomic E-state index is 0.0144. The van der Waals surface area contributed by atoms with Crippen LogP contribution in [0.25, 0.3) is 0 Å². The Bertz CT molecular complexity index is 1800. The van der Waals surface area contributed by atoms with Gasteiger partial charge in [0.1, 0.15) is 5.76 Å². The summed E-state index contributed by atoms with van der Waals surface area (Å²) in [6.07, 6.45) is 6.24. The molecule has 1 fully saturated rings. The zero-order valence-electron chi connectivity index (χ0n) is 28.6. The number of nitrogens with one attached hydrogen (secondary N) is 1. The van der Waals surface area contributed by atoms with Crippen molar-refractivity contribution in [2.75, 3.05) is 7.11 Å². The van der Waals surface area contributed by atoms with Gasteiger partial charge in [0.05, 0.1) is 47.4 Å². The van der Waals surface area contributed by atoms with Gasteiger partial charge in [-0.2, -0.15) is 0 Å². The van der Waals surface area contributed by atoms with Crippen LogP contribution in [-0.4, -0.2) is 46.5 Å². The molecule has 8 heteroatoms. The first-order valence-corrected chi connectivity index (χ1v) is 16.6. The van der Waals surface area contributed by atoms with Gasteiger partial charge in [0, 0.05) is 52.8 Å². The maximum atomic E-state index is 12.3. The Morgan fingerprint density at radius 1 is 1.00 bits per heavy atom. The van der Waals surface area contributed by atoms with Crippen LogP contribution in [0.15, 0.2) is 106 Å². The summed E-state index contributed by atoms with van der Waals surface area (Å²) in [6.45, 7) is 16.7. The van der Waals surface area contributed by atoms with Crippen LogP contribution in [-0.2, 0) is 9.53 Å². The number of rotatable bonds is 7. The number of aliphatic hydroxyl groups is 2. The number of nitrogens with zero attached hydrogens (tertiary/aromatic N) is 3. The number of methoxy groups -OCH3 is 1. The molecule has 8 bridgehead atoms. The van der Waals surface area contributed by atoms with E-state index < -0.39 is 6.10 Å². The number of aliphatic imine (C=N–C) groups is 3. The Morgan fingerprint density at radius 3 is 2.39 bits per heavy atom. The first kappa shape index (κ1) is 31.9. The summed E-state index contributed by atoms with van der Waals surface area (Å²) in [4.78, 5) is 27.9. The molecule has 0 unspecified atom stereocenters. The maximum Gasteiger partial charge on any atom is 0.305 e. The highest BCUT2D eigenvalue weighted by atomic mass is 16.5. The van der Waals surface area contributed by atoms with Crippen LogP contribution in [0.1, 0.15) is 87.5 Å². The monoisotopic (exact) mass is 622 g/mol. The number of aliphatic hydroxyl groups excluding tert-OH is 2. The molecule has 3 N–H and O–H groups in total. The molecule has 1 saturated heterocycles. The summed E-state index contributed by atoms with van der Waals surface area (Å²) < 4.78 is 5.02. The van der Waals surface area contributed by atoms with E-state index in [1.54, 1.807) is 6.92 Å². The SMILES string of the molecule is CCC1=C2C=C3N=C(C=C4N=C(C(C)=C4[C@H](C)O)C(C)=C4NC(=C5CC(O)=C1C5=N2)[C@@H](CCC(=O)OC)[C@@H]4C)C(C)=C3CC(C)C. The molecule has 0 saturated carbocycles. The van der Waals surface area contributed by atoms with Crippen LogP contribution in [0.2, 0.25) is 0 Å². The minimum Gasteiger partial charge on any atom is -0.511 e. The molecule has 5 heterocycles. The molecule has 8 nitrogen and oxygen atoms in total. The van der Waals surface area contributed by atoms with Crippen molar-refractivity contribution < 1.29 is 19.7 Å². The van der Waals surface area contributed by atoms with E-state index in [9.17, 15) is 15.0 Å². The predicted molar refractivity (Wildman–Crippen MR) is 183 cm³/mol. The topological polar surface area (TPSA) is 116 Å². The first-order valence-electron chi connectivity index (χ1n) is 16.6. The lowest BCUT2D eigenvalue weighted by Gasteiger charge is -2.17. The quantitative estimate of drug-likeness (QED) is 0.256. The van der Waals surface area contributed by atoms with Crippen molar-refractivity contribution in [3.05, 3.63) is 91.0 Å². The normalized spacial score (nSPS) is 24.7. The fourth-order valence-electron chi connectivity index (χ4n) is 7.92. The van der Waals surface area contributed by atoms with Gasteiger partial charge in [-0.05, 0) is 92.9 Å². The Hall–Kier alpha value is -4.04. The number of esters is 1. The van der Waals surface area contributed by atoms with Crippen LogP contribution in [0.3, 0.4) is 0 Å². The molecule has 0 aromatic carbocycles. The summed E-state index contributed by atoms with van der Waals surface area (Å²) in [7, 11) is 1.42. The Labute approximate surface area is 272 Å². The second kappa shape index (κ2) is 12.0. The summed E-state index contributed by atoms with van der Waals surface area (Å²) in [5.41, 5.74) is 14.8. The average molecular weight is 623 g/mol. The van der Waals surface area contributed by atoms with Gasteiger partial charge in [0.2, 0.25) is 0 Å². The minimum atomic E-state index is -0.711. The van der Waals surface area contributed by atoms with E-state index in [-0.39, 0.29) is 24.2 Å². The van der Waals surface area contributed by atoms with E-state index in [4.69, 9.17) is 19.7 Å². The van der Waals surface area contributed by atoms with Gasteiger partial charge in [-0.1, -0.05) is 27.7 Å². The molecule has 5 aliphatic heterocycles. The maximum absolute atomic E-state index is 12.3. The van der Waals surface area contributed by atoms with E-state index in [2.05, 4.69) is 52.9 Å². The van der Waals surface area contributed by atoms with Crippen LogP contribution in [0.4, 0.5) is 0 Å². The molecule has 0 aromatic heterocycles. The van der Waals surface area contributed by atoms with Gasteiger partial charge in [-0.25, -0.2) is 15.0 Å². The number of hydrogen-bond donors (Lipinski definition) is 3. The zero-order chi connectivity index (χ0) is 33.2. The van der Waals surface area contributed by atoms with Gasteiger partial charge in [0.25, 0.3) is 0 Å². The lowest BCUT2D eigenvalue weighted by molar-refractivity contribution is -0.140. The van der Waals surface area contributed by atoms with Gasteiger partial charge < -0.3 is 20.3 Å². The van der Waals surface area contributed by atoms with E-state index in [0.29, 0.717) is 24.5 Å². The van der Waals surface area contributed by atoms with Gasteiger partial charge in [-0.3, -0.25) is 4.79 Å². The Morgan fingerprint density at radius 2 is 1.74 bits per heavy atom. The zero-order valence-corrected chi connectivity index (χ0v) is 28.6. The third-order valence-electron chi connectivity index (χ3n) is 10.3. The second-order valence-electron chi connectivity index (χ2n) is 13.7. The lowest BCUT2D eigenvalue weighted by Crippen LogP contribution is -2.16. The molecule has 0 amide bonds. The third kappa shape index (κ3) is 5.11. The summed E-state index contributed by atoms with van der Waals surface area (Å²) in [6, 6.07) is 0. The van der Waals surface area contributed by atoms with E-state index >= 15 is 0 Å². The largest absolute Gasteiger partial charge is 0.511 e. The standard InChI is InChI=1S/C38H46N4O4/c1-10-23-28-16-29-25(13-17(2)3)18(4)27(39-29)15-30-33(22(8)43)20(6)36(41-30)21(7)35-19(5)24(11-12-32(45)46-9)37(42-35)26-14-31(44)34(23)38(26)40-28/h15-17,19,22,24,42-44H,10-14H2,1-9H3/t19-,22-,24-/m0/s1. The lowest BCUT2D eigenvalue weighted by atomic mass is 9.85. The van der Waals surface area contributed by atoms with Crippen LogP contribution in [0.5, 0.6) is 0 Å². The molecule has 3 atom stereocenters. The van der Waals surface area contributed by atoms with E-state index in [0.717, 1.165) is 97.5 Å². The van der Waals surface area contributed by atoms with Crippen LogP contribution in [0, 0.1) is 17.8 Å². The number of carbonyl (C=O) groups excluding carboxylic acids is 1. The highest BCUT2D eigenvalue weighted by molar-refractivity contribution is 6.21. The third-order valence-corrected chi connectivity index (χ3v) is 10.3. The smallest absolute Gasteiger partial charge is 0.305 e. The average Bonchev–Trinajstić information content (AvgIpc) is 3.77. The molecule has 46 heavy (non-hydrogen) atoms. The first-order chi connectivity index (χ1) is 21.9. The molecule has 6 rings (SSSR count). The van der Waals surface area contributed by atoms with Crippen molar-refractivity contribution in [2.24, 2.45) is 32.7 Å². The molecule has 242 valence electrons. The number of fused-ring (bicyclic) bond motifs is 5. The van der Waals surface area contributed by atoms with Crippen molar-refractivity contribution in [3.63, 3.8) is 0 Å². The Balaban J connectivity index is 1.64. The second-order valence-corrected chi connectivity index (χ2v) is 13.7. The van der Waals surface area contributed by atoms with Crippen molar-refractivity contribution >= 4 is 23.1 Å².